The molecule has 0 heterocycles. The maximum absolute atomic E-state index is 13.0. The van der Waals surface area contributed by atoms with Crippen molar-refractivity contribution in [3.8, 4) is 11.8 Å². The molecule has 1 aromatic rings. The third kappa shape index (κ3) is 2.36. The molecular formula is C10H3F5O2. The fourth-order valence-corrected chi connectivity index (χ4v) is 0.879. The molecule has 0 amide bonds. The van der Waals surface area contributed by atoms with Gasteiger partial charge in [0, 0.05) is 5.92 Å². The molecule has 0 bridgehead atoms. The molecule has 0 saturated carbocycles. The van der Waals surface area contributed by atoms with Gasteiger partial charge in [0.1, 0.15) is 5.56 Å². The number of halogens is 5. The Hall–Kier alpha value is -2.10. The summed E-state index contributed by atoms with van der Waals surface area (Å²) in [7, 11) is 0.940. The van der Waals surface area contributed by atoms with Crippen LogP contribution in [0.3, 0.4) is 0 Å². The second kappa shape index (κ2) is 4.82. The van der Waals surface area contributed by atoms with E-state index in [0.29, 0.717) is 0 Å². The van der Waals surface area contributed by atoms with Crippen molar-refractivity contribution in [2.24, 2.45) is 0 Å². The highest BCUT2D eigenvalue weighted by atomic mass is 19.2. The summed E-state index contributed by atoms with van der Waals surface area (Å²) in [5, 5.41) is 0. The fraction of sp³-hybridized carbons (Fsp3) is 0.100. The van der Waals surface area contributed by atoms with Gasteiger partial charge in [-0.05, 0) is 5.92 Å². The Morgan fingerprint density at radius 1 is 0.941 bits per heavy atom. The van der Waals surface area contributed by atoms with Crippen molar-refractivity contribution in [2.45, 2.75) is 0 Å². The minimum Gasteiger partial charge on any atom is -0.459 e. The van der Waals surface area contributed by atoms with Crippen LogP contribution in [0.5, 0.6) is 0 Å². The number of ether oxygens (including phenoxy) is 1. The smallest absolute Gasteiger partial charge is 0.384 e. The predicted molar refractivity (Wildman–Crippen MR) is 45.1 cm³/mol. The molecule has 90 valence electrons. The van der Waals surface area contributed by atoms with Gasteiger partial charge in [-0.25, -0.2) is 26.7 Å². The summed E-state index contributed by atoms with van der Waals surface area (Å²) in [6.07, 6.45) is 0. The first-order valence-corrected chi connectivity index (χ1v) is 4.01. The van der Waals surface area contributed by atoms with E-state index in [2.05, 4.69) is 4.74 Å². The summed E-state index contributed by atoms with van der Waals surface area (Å²) in [4.78, 5) is 10.5. The highest BCUT2D eigenvalue weighted by molar-refractivity contribution is 5.89. The Bertz CT molecular complexity index is 513. The zero-order chi connectivity index (χ0) is 13.2. The maximum Gasteiger partial charge on any atom is 0.384 e. The molecule has 0 N–H and O–H groups in total. The number of carbonyl (C=O) groups excluding carboxylic acids is 1. The fourth-order valence-electron chi connectivity index (χ4n) is 0.879. The summed E-state index contributed by atoms with van der Waals surface area (Å²) < 4.78 is 67.9. The van der Waals surface area contributed by atoms with Gasteiger partial charge in [0.25, 0.3) is 0 Å². The van der Waals surface area contributed by atoms with Crippen LogP contribution in [0.1, 0.15) is 5.56 Å². The second-order valence-electron chi connectivity index (χ2n) is 2.69. The van der Waals surface area contributed by atoms with E-state index >= 15 is 0 Å². The van der Waals surface area contributed by atoms with Gasteiger partial charge in [0.2, 0.25) is 5.82 Å². The minimum atomic E-state index is -2.29. The van der Waals surface area contributed by atoms with Gasteiger partial charge in [-0.2, -0.15) is 0 Å². The lowest BCUT2D eigenvalue weighted by Crippen LogP contribution is -2.05. The van der Waals surface area contributed by atoms with E-state index in [-0.39, 0.29) is 0 Å². The normalized spacial score (nSPS) is 9.53. The Morgan fingerprint density at radius 2 is 1.35 bits per heavy atom. The molecule has 0 aliphatic carbocycles. The standard InChI is InChI=1S/C10H3F5O2/c1-17-5(16)3-2-4-6(11)8(13)10(15)9(14)7(4)12/h1H3. The summed E-state index contributed by atoms with van der Waals surface area (Å²) in [6, 6.07) is 0. The molecule has 0 aliphatic heterocycles. The lowest BCUT2D eigenvalue weighted by Gasteiger charge is -2.01. The number of esters is 1. The predicted octanol–water partition coefficient (Wildman–Crippen LogP) is 1.91. The van der Waals surface area contributed by atoms with Crippen LogP contribution in [0.2, 0.25) is 0 Å². The van der Waals surface area contributed by atoms with Crippen molar-refractivity contribution in [2.75, 3.05) is 7.11 Å². The molecule has 0 radical (unpaired) electrons. The number of rotatable bonds is 0. The molecule has 0 aromatic heterocycles. The summed E-state index contributed by atoms with van der Waals surface area (Å²) in [5.74, 6) is -8.84. The van der Waals surface area contributed by atoms with Gasteiger partial charge in [0.15, 0.2) is 23.3 Å². The summed E-state index contributed by atoms with van der Waals surface area (Å²) in [5.41, 5.74) is -1.38. The van der Waals surface area contributed by atoms with E-state index < -0.39 is 40.6 Å². The van der Waals surface area contributed by atoms with Crippen LogP contribution in [-0.2, 0) is 9.53 Å². The van der Waals surface area contributed by atoms with Crippen LogP contribution in [0, 0.1) is 40.9 Å². The van der Waals surface area contributed by atoms with E-state index in [4.69, 9.17) is 0 Å². The van der Waals surface area contributed by atoms with Crippen LogP contribution in [0.15, 0.2) is 0 Å². The van der Waals surface area contributed by atoms with Crippen LogP contribution in [-0.4, -0.2) is 13.1 Å². The van der Waals surface area contributed by atoms with E-state index in [1.807, 2.05) is 0 Å². The van der Waals surface area contributed by atoms with Crippen molar-refractivity contribution in [3.05, 3.63) is 34.6 Å². The highest BCUT2D eigenvalue weighted by Crippen LogP contribution is 2.21. The molecule has 17 heavy (non-hydrogen) atoms. The number of methoxy groups -OCH3 is 1. The van der Waals surface area contributed by atoms with E-state index in [9.17, 15) is 26.7 Å². The average molecular weight is 250 g/mol. The van der Waals surface area contributed by atoms with Crippen molar-refractivity contribution in [1.82, 2.24) is 0 Å². The maximum atomic E-state index is 13.0. The van der Waals surface area contributed by atoms with Gasteiger partial charge in [-0.1, -0.05) is 0 Å². The molecule has 1 rings (SSSR count). The van der Waals surface area contributed by atoms with Crippen LogP contribution in [0.4, 0.5) is 22.0 Å². The molecule has 0 saturated heterocycles. The van der Waals surface area contributed by atoms with Crippen LogP contribution >= 0.6 is 0 Å². The van der Waals surface area contributed by atoms with Crippen molar-refractivity contribution in [3.63, 3.8) is 0 Å². The van der Waals surface area contributed by atoms with E-state index in [1.165, 1.54) is 5.92 Å². The number of hydrogen-bond acceptors (Lipinski definition) is 2. The molecule has 0 spiro atoms. The van der Waals surface area contributed by atoms with Gasteiger partial charge < -0.3 is 4.74 Å². The number of hydrogen-bond donors (Lipinski definition) is 0. The van der Waals surface area contributed by atoms with Gasteiger partial charge in [-0.15, -0.1) is 0 Å². The van der Waals surface area contributed by atoms with E-state index in [1.54, 1.807) is 5.92 Å². The first kappa shape index (κ1) is 13.0. The Labute approximate surface area is 92.0 Å². The molecule has 7 heteroatoms. The Kier molecular flexibility index (Phi) is 3.68. The topological polar surface area (TPSA) is 26.3 Å². The Morgan fingerprint density at radius 3 is 1.76 bits per heavy atom. The highest BCUT2D eigenvalue weighted by Gasteiger charge is 2.24. The number of carbonyl (C=O) groups is 1. The third-order valence-electron chi connectivity index (χ3n) is 1.68. The van der Waals surface area contributed by atoms with Gasteiger partial charge in [-0.3, -0.25) is 0 Å². The van der Waals surface area contributed by atoms with Gasteiger partial charge in [0.05, 0.1) is 7.11 Å². The largest absolute Gasteiger partial charge is 0.459 e. The molecule has 0 fully saturated rings. The van der Waals surface area contributed by atoms with E-state index in [0.717, 1.165) is 7.11 Å². The van der Waals surface area contributed by atoms with Crippen molar-refractivity contribution >= 4 is 5.97 Å². The Balaban J connectivity index is 3.43. The van der Waals surface area contributed by atoms with Crippen molar-refractivity contribution in [1.29, 1.82) is 0 Å². The monoisotopic (exact) mass is 250 g/mol. The lowest BCUT2D eigenvalue weighted by molar-refractivity contribution is -0.133. The van der Waals surface area contributed by atoms with Crippen molar-refractivity contribution < 1.29 is 31.5 Å². The second-order valence-corrected chi connectivity index (χ2v) is 2.69. The lowest BCUT2D eigenvalue weighted by atomic mass is 10.1. The molecule has 0 aliphatic rings. The third-order valence-corrected chi connectivity index (χ3v) is 1.68. The van der Waals surface area contributed by atoms with Gasteiger partial charge >= 0.3 is 5.97 Å². The zero-order valence-corrected chi connectivity index (χ0v) is 8.21. The summed E-state index contributed by atoms with van der Waals surface area (Å²) in [6.45, 7) is 0. The quantitative estimate of drug-likeness (QED) is 0.231. The summed E-state index contributed by atoms with van der Waals surface area (Å²) >= 11 is 0. The minimum absolute atomic E-state index is 0.940. The molecule has 0 unspecified atom stereocenters. The first-order chi connectivity index (χ1) is 7.90. The molecule has 1 aromatic carbocycles. The SMILES string of the molecule is COC(=O)C#Cc1c(F)c(F)c(F)c(F)c1F. The first-order valence-electron chi connectivity index (χ1n) is 4.01. The molecule has 2 nitrogen and oxygen atoms in total. The molecular weight excluding hydrogens is 247 g/mol. The number of benzene rings is 1. The molecule has 0 atom stereocenters. The van der Waals surface area contributed by atoms with Crippen LogP contribution < -0.4 is 0 Å². The zero-order valence-electron chi connectivity index (χ0n) is 8.21. The average Bonchev–Trinajstić information content (AvgIpc) is 2.33. The van der Waals surface area contributed by atoms with Crippen LogP contribution in [0.25, 0.3) is 0 Å².